The second-order valence-corrected chi connectivity index (χ2v) is 16.0. The average molecular weight is 787 g/mol. The van der Waals surface area contributed by atoms with Crippen molar-refractivity contribution in [3.8, 4) is 0 Å². The van der Waals surface area contributed by atoms with E-state index in [1.54, 1.807) is 37.5 Å². The van der Waals surface area contributed by atoms with E-state index >= 15 is 0 Å². The predicted octanol–water partition coefficient (Wildman–Crippen LogP) is -0.915. The van der Waals surface area contributed by atoms with Crippen LogP contribution in [-0.4, -0.2) is 160 Å². The number of hydrogen-bond donors (Lipinski definition) is 4. The Bertz CT molecular complexity index is 1520. The van der Waals surface area contributed by atoms with E-state index in [4.69, 9.17) is 11.5 Å². The van der Waals surface area contributed by atoms with E-state index in [2.05, 4.69) is 15.6 Å². The molecule has 4 rings (SSSR count). The first-order valence-corrected chi connectivity index (χ1v) is 20.2. The van der Waals surface area contributed by atoms with Crippen LogP contribution in [0.1, 0.15) is 98.8 Å². The summed E-state index contributed by atoms with van der Waals surface area (Å²) >= 11 is 0. The summed E-state index contributed by atoms with van der Waals surface area (Å²) < 4.78 is 0. The number of nitrogens with one attached hydrogen (secondary N) is 2. The van der Waals surface area contributed by atoms with Crippen molar-refractivity contribution in [2.75, 3.05) is 39.3 Å². The maximum Gasteiger partial charge on any atom is 0.246 e. The Labute approximate surface area is 329 Å². The SMILES string of the molecule is CC(=O)N1CCC[C@H]1C(=O)N1CCC[C@H]1C(=O)N1CCC[C@H]1C(=O)N[C@H](C(=O)N(CC(=O)N1CCC[C@H]1C(=O)N[C@H](C=O)CCCN=C(N)N)C(C)C)C(C)C. The minimum Gasteiger partial charge on any atom is -0.370 e. The lowest BCUT2D eigenvalue weighted by Crippen LogP contribution is -2.59. The highest BCUT2D eigenvalue weighted by Crippen LogP contribution is 2.29. The van der Waals surface area contributed by atoms with E-state index in [9.17, 15) is 38.4 Å². The molecule has 0 radical (unpaired) electrons. The maximum absolute atomic E-state index is 14.2. The summed E-state index contributed by atoms with van der Waals surface area (Å²) in [5, 5.41) is 5.61. The smallest absolute Gasteiger partial charge is 0.246 e. The molecular weight excluding hydrogens is 724 g/mol. The van der Waals surface area contributed by atoms with Gasteiger partial charge in [0, 0.05) is 45.7 Å². The first kappa shape index (κ1) is 44.0. The molecule has 4 saturated heterocycles. The van der Waals surface area contributed by atoms with Gasteiger partial charge < -0.3 is 51.4 Å². The van der Waals surface area contributed by atoms with E-state index in [1.807, 2.05) is 0 Å². The number of aldehydes is 1. The number of likely N-dealkylation sites (tertiary alicyclic amines) is 4. The van der Waals surface area contributed by atoms with Gasteiger partial charge in [0.2, 0.25) is 41.4 Å². The molecule has 7 amide bonds. The topological polar surface area (TPSA) is 241 Å². The summed E-state index contributed by atoms with van der Waals surface area (Å²) in [5.74, 6) is -2.98. The zero-order chi connectivity index (χ0) is 41.3. The van der Waals surface area contributed by atoms with Gasteiger partial charge in [-0.1, -0.05) is 13.8 Å². The van der Waals surface area contributed by atoms with Gasteiger partial charge in [-0.25, -0.2) is 0 Å². The molecular formula is C38H62N10O8. The van der Waals surface area contributed by atoms with Crippen molar-refractivity contribution in [2.24, 2.45) is 22.4 Å². The van der Waals surface area contributed by atoms with Crippen LogP contribution in [0.4, 0.5) is 0 Å². The van der Waals surface area contributed by atoms with Crippen molar-refractivity contribution < 1.29 is 38.4 Å². The van der Waals surface area contributed by atoms with Crippen LogP contribution in [0.2, 0.25) is 0 Å². The standard InChI is InChI=1S/C38H62N10O8/c1-23(2)32(37(56)48(24(3)4)21-31(51)45-18-7-12-27(45)33(52)42-26(22-49)11-6-16-41-38(39)40)43-34(53)28-13-8-19-46(28)36(55)30-15-10-20-47(30)35(54)29-14-9-17-44(29)25(5)50/h22-24,26-30,32H,6-21H2,1-5H3,(H,42,52)(H,43,53)(H4,39,40,41)/t26-,27-,28-,29-,30-,32-/m0/s1. The summed E-state index contributed by atoms with van der Waals surface area (Å²) in [6.07, 6.45) is 5.73. The number of hydrogen-bond acceptors (Lipinski definition) is 9. The van der Waals surface area contributed by atoms with E-state index in [0.717, 1.165) is 6.42 Å². The van der Waals surface area contributed by atoms with Crippen LogP contribution in [0.3, 0.4) is 0 Å². The van der Waals surface area contributed by atoms with Gasteiger partial charge >= 0.3 is 0 Å². The zero-order valence-electron chi connectivity index (χ0n) is 33.6. The van der Waals surface area contributed by atoms with Gasteiger partial charge in [0.1, 0.15) is 43.0 Å². The average Bonchev–Trinajstić information content (AvgIpc) is 3.99. The Morgan fingerprint density at radius 1 is 0.732 bits per heavy atom. The molecule has 0 aromatic rings. The van der Waals surface area contributed by atoms with Crippen LogP contribution in [0, 0.1) is 5.92 Å². The van der Waals surface area contributed by atoms with Crippen LogP contribution in [-0.2, 0) is 38.4 Å². The highest BCUT2D eigenvalue weighted by molar-refractivity contribution is 5.97. The van der Waals surface area contributed by atoms with Crippen molar-refractivity contribution in [3.05, 3.63) is 0 Å². The Kier molecular flexibility index (Phi) is 15.6. The molecule has 0 aromatic heterocycles. The van der Waals surface area contributed by atoms with Crippen LogP contribution in [0.25, 0.3) is 0 Å². The molecule has 0 aromatic carbocycles. The molecule has 0 unspecified atom stereocenters. The molecule has 4 aliphatic rings. The second kappa shape index (κ2) is 19.9. The van der Waals surface area contributed by atoms with Gasteiger partial charge in [0.05, 0.1) is 6.04 Å². The fourth-order valence-electron chi connectivity index (χ4n) is 8.38. The van der Waals surface area contributed by atoms with E-state index in [-0.39, 0.29) is 36.1 Å². The van der Waals surface area contributed by atoms with Gasteiger partial charge in [-0.15, -0.1) is 0 Å². The summed E-state index contributed by atoms with van der Waals surface area (Å²) in [6, 6.07) is -5.19. The minimum absolute atomic E-state index is 0.0642. The predicted molar refractivity (Wildman–Crippen MR) is 206 cm³/mol. The monoisotopic (exact) mass is 786 g/mol. The van der Waals surface area contributed by atoms with Gasteiger partial charge in [-0.05, 0) is 84.0 Å². The summed E-state index contributed by atoms with van der Waals surface area (Å²) in [5.41, 5.74) is 10.7. The normalized spacial score (nSPS) is 23.3. The van der Waals surface area contributed by atoms with Gasteiger partial charge in [0.25, 0.3) is 0 Å². The molecule has 4 fully saturated rings. The van der Waals surface area contributed by atoms with Gasteiger partial charge in [-0.2, -0.15) is 0 Å². The van der Waals surface area contributed by atoms with Crippen LogP contribution in [0.5, 0.6) is 0 Å². The molecule has 4 heterocycles. The lowest BCUT2D eigenvalue weighted by Gasteiger charge is -2.36. The number of aliphatic imine (C=N–C) groups is 1. The molecule has 56 heavy (non-hydrogen) atoms. The number of guanidine groups is 1. The molecule has 0 aliphatic carbocycles. The van der Waals surface area contributed by atoms with Crippen molar-refractivity contribution >= 4 is 53.6 Å². The third kappa shape index (κ3) is 10.5. The van der Waals surface area contributed by atoms with Gasteiger partial charge in [0.15, 0.2) is 5.96 Å². The van der Waals surface area contributed by atoms with Crippen LogP contribution < -0.4 is 22.1 Å². The molecule has 0 spiro atoms. The first-order valence-electron chi connectivity index (χ1n) is 20.2. The van der Waals surface area contributed by atoms with Crippen molar-refractivity contribution in [1.82, 2.24) is 35.1 Å². The number of carbonyl (C=O) groups excluding carboxylic acids is 8. The highest BCUT2D eigenvalue weighted by atomic mass is 16.2. The number of rotatable bonds is 16. The van der Waals surface area contributed by atoms with E-state index < -0.39 is 65.9 Å². The van der Waals surface area contributed by atoms with Crippen LogP contribution in [0.15, 0.2) is 4.99 Å². The second-order valence-electron chi connectivity index (χ2n) is 16.0. The lowest BCUT2D eigenvalue weighted by atomic mass is 10.0. The molecule has 18 nitrogen and oxygen atoms in total. The number of amides is 7. The summed E-state index contributed by atoms with van der Waals surface area (Å²) in [6.45, 7) is 10.1. The van der Waals surface area contributed by atoms with Crippen molar-refractivity contribution in [3.63, 3.8) is 0 Å². The first-order chi connectivity index (χ1) is 26.6. The molecule has 4 aliphatic heterocycles. The molecule has 18 heteroatoms. The fourth-order valence-corrected chi connectivity index (χ4v) is 8.38. The Morgan fingerprint density at radius 2 is 1.21 bits per heavy atom. The fraction of sp³-hybridized carbons (Fsp3) is 0.763. The molecule has 6 N–H and O–H groups in total. The van der Waals surface area contributed by atoms with Crippen molar-refractivity contribution in [2.45, 2.75) is 141 Å². The minimum atomic E-state index is -1.01. The Balaban J connectivity index is 1.40. The highest BCUT2D eigenvalue weighted by Gasteiger charge is 2.46. The summed E-state index contributed by atoms with van der Waals surface area (Å²) in [4.78, 5) is 118. The lowest BCUT2D eigenvalue weighted by molar-refractivity contribution is -0.150. The quantitative estimate of drug-likeness (QED) is 0.0650. The van der Waals surface area contributed by atoms with Crippen molar-refractivity contribution in [1.29, 1.82) is 0 Å². The zero-order valence-corrected chi connectivity index (χ0v) is 33.6. The number of carbonyl (C=O) groups is 8. The molecule has 6 atom stereocenters. The molecule has 0 saturated carbocycles. The van der Waals surface area contributed by atoms with Gasteiger partial charge in [-0.3, -0.25) is 38.6 Å². The third-order valence-corrected chi connectivity index (χ3v) is 11.4. The number of nitrogens with two attached hydrogens (primary N) is 2. The summed E-state index contributed by atoms with van der Waals surface area (Å²) in [7, 11) is 0. The molecule has 0 bridgehead atoms. The maximum atomic E-state index is 14.2. The largest absolute Gasteiger partial charge is 0.370 e. The third-order valence-electron chi connectivity index (χ3n) is 11.4. The molecule has 312 valence electrons. The van der Waals surface area contributed by atoms with E-state index in [1.165, 1.54) is 21.6 Å². The van der Waals surface area contributed by atoms with Crippen LogP contribution >= 0.6 is 0 Å². The Morgan fingerprint density at radius 3 is 1.73 bits per heavy atom. The number of nitrogens with zero attached hydrogens (tertiary/aromatic N) is 6. The van der Waals surface area contributed by atoms with E-state index in [0.29, 0.717) is 96.8 Å². The Hall–Kier alpha value is -4.77.